The van der Waals surface area contributed by atoms with E-state index in [9.17, 15) is 13.2 Å². The van der Waals surface area contributed by atoms with Gasteiger partial charge < -0.3 is 15.5 Å². The van der Waals surface area contributed by atoms with Gasteiger partial charge in [-0.2, -0.15) is 4.31 Å². The van der Waals surface area contributed by atoms with E-state index < -0.39 is 16.1 Å². The fourth-order valence-corrected chi connectivity index (χ4v) is 7.42. The van der Waals surface area contributed by atoms with E-state index in [4.69, 9.17) is 5.73 Å². The topological polar surface area (TPSA) is 87.0 Å². The second kappa shape index (κ2) is 10.8. The number of benzene rings is 3. The number of likely N-dealkylation sites (N-methyl/N-ethyl adjacent to an activating group) is 1. The molecule has 0 aliphatic carbocycles. The maximum absolute atomic E-state index is 13.6. The zero-order valence-corrected chi connectivity index (χ0v) is 22.2. The number of nitrogens with zero attached hydrogens (tertiary/aromatic N) is 3. The number of rotatable bonds is 7. The van der Waals surface area contributed by atoms with Gasteiger partial charge in [0, 0.05) is 50.3 Å². The van der Waals surface area contributed by atoms with Gasteiger partial charge in [-0.15, -0.1) is 0 Å². The van der Waals surface area contributed by atoms with Crippen molar-refractivity contribution in [2.24, 2.45) is 0 Å². The fraction of sp³-hybridized carbons (Fsp3) is 0.414. The normalized spacial score (nSPS) is 19.9. The molecule has 0 saturated carbocycles. The molecule has 2 heterocycles. The number of anilines is 1. The molecule has 8 heteroatoms. The second-order valence-electron chi connectivity index (χ2n) is 10.3. The highest BCUT2D eigenvalue weighted by Crippen LogP contribution is 2.31. The van der Waals surface area contributed by atoms with Gasteiger partial charge in [0.2, 0.25) is 15.9 Å². The Labute approximate surface area is 219 Å². The van der Waals surface area contributed by atoms with E-state index in [2.05, 4.69) is 29.2 Å². The molecule has 1 amide bonds. The first-order valence-corrected chi connectivity index (χ1v) is 14.6. The molecule has 0 unspecified atom stereocenters. The van der Waals surface area contributed by atoms with Gasteiger partial charge in [0.1, 0.15) is 6.04 Å². The van der Waals surface area contributed by atoms with Crippen LogP contribution in [0.25, 0.3) is 10.8 Å². The highest BCUT2D eigenvalue weighted by molar-refractivity contribution is 7.89. The van der Waals surface area contributed by atoms with Crippen LogP contribution in [0, 0.1) is 0 Å². The minimum absolute atomic E-state index is 0.0890. The van der Waals surface area contributed by atoms with Gasteiger partial charge in [0.15, 0.2) is 0 Å². The molecule has 3 aromatic rings. The summed E-state index contributed by atoms with van der Waals surface area (Å²) < 4.78 is 28.7. The Balaban J connectivity index is 1.23. The summed E-state index contributed by atoms with van der Waals surface area (Å²) in [5, 5.41) is 1.60. The molecule has 0 radical (unpaired) electrons. The summed E-state index contributed by atoms with van der Waals surface area (Å²) in [5.74, 6) is -0.0890. The summed E-state index contributed by atoms with van der Waals surface area (Å²) in [4.78, 5) is 18.1. The van der Waals surface area contributed by atoms with Gasteiger partial charge in [0.25, 0.3) is 0 Å². The van der Waals surface area contributed by atoms with Crippen molar-refractivity contribution >= 4 is 32.4 Å². The van der Waals surface area contributed by atoms with Gasteiger partial charge in [-0.1, -0.05) is 48.5 Å². The SMILES string of the molecule is CN(C(=O)[C@@H]1CCCN1S(=O)(=O)c1ccc2c(N)cccc2c1)C1CCN(CCc2ccccc2)CC1. The Hall–Kier alpha value is -2.94. The number of carbonyl (C=O) groups excluding carboxylic acids is 1. The van der Waals surface area contributed by atoms with Crippen LogP contribution in [0.3, 0.4) is 0 Å². The van der Waals surface area contributed by atoms with Crippen LogP contribution in [0.2, 0.25) is 0 Å². The number of carbonyl (C=O) groups is 1. The Morgan fingerprint density at radius 3 is 2.49 bits per heavy atom. The summed E-state index contributed by atoms with van der Waals surface area (Å²) in [6, 6.07) is 20.5. The van der Waals surface area contributed by atoms with Crippen molar-refractivity contribution in [3.63, 3.8) is 0 Å². The zero-order chi connectivity index (χ0) is 26.0. The van der Waals surface area contributed by atoms with Crippen LogP contribution >= 0.6 is 0 Å². The minimum Gasteiger partial charge on any atom is -0.398 e. The van der Waals surface area contributed by atoms with Gasteiger partial charge in [0.05, 0.1) is 4.90 Å². The van der Waals surface area contributed by atoms with E-state index in [1.807, 2.05) is 30.1 Å². The third kappa shape index (κ3) is 5.37. The lowest BCUT2D eigenvalue weighted by molar-refractivity contribution is -0.136. The quantitative estimate of drug-likeness (QED) is 0.480. The van der Waals surface area contributed by atoms with Gasteiger partial charge in [-0.05, 0) is 61.3 Å². The number of likely N-dealkylation sites (tertiary alicyclic amines) is 1. The third-order valence-corrected chi connectivity index (χ3v) is 9.90. The number of hydrogen-bond acceptors (Lipinski definition) is 5. The first-order valence-electron chi connectivity index (χ1n) is 13.2. The van der Waals surface area contributed by atoms with Crippen molar-refractivity contribution < 1.29 is 13.2 Å². The van der Waals surface area contributed by atoms with Crippen LogP contribution in [0.1, 0.15) is 31.2 Å². The molecule has 1 atom stereocenters. The van der Waals surface area contributed by atoms with E-state index in [1.165, 1.54) is 9.87 Å². The van der Waals surface area contributed by atoms with Gasteiger partial charge in [-0.25, -0.2) is 8.42 Å². The fourth-order valence-electron chi connectivity index (χ4n) is 5.73. The predicted octanol–water partition coefficient (Wildman–Crippen LogP) is 3.74. The number of sulfonamides is 1. The maximum atomic E-state index is 13.6. The molecule has 2 N–H and O–H groups in total. The first kappa shape index (κ1) is 25.7. The Morgan fingerprint density at radius 1 is 0.973 bits per heavy atom. The number of piperidine rings is 1. The van der Waals surface area contributed by atoms with Crippen LogP contribution in [0.4, 0.5) is 5.69 Å². The summed E-state index contributed by atoms with van der Waals surface area (Å²) in [6.45, 7) is 3.27. The van der Waals surface area contributed by atoms with Crippen LogP contribution in [0.15, 0.2) is 71.6 Å². The number of nitrogen functional groups attached to an aromatic ring is 1. The Bertz CT molecular complexity index is 1350. The lowest BCUT2D eigenvalue weighted by atomic mass is 10.0. The molecule has 2 fully saturated rings. The maximum Gasteiger partial charge on any atom is 0.243 e. The Kier molecular flexibility index (Phi) is 7.51. The zero-order valence-electron chi connectivity index (χ0n) is 21.4. The molecule has 7 nitrogen and oxygen atoms in total. The van der Waals surface area contributed by atoms with Crippen molar-refractivity contribution in [2.45, 2.75) is 49.1 Å². The van der Waals surface area contributed by atoms with Crippen molar-refractivity contribution in [1.82, 2.24) is 14.1 Å². The molecule has 0 bridgehead atoms. The van der Waals surface area contributed by atoms with Crippen molar-refractivity contribution in [3.8, 4) is 0 Å². The minimum atomic E-state index is -3.81. The number of amides is 1. The highest BCUT2D eigenvalue weighted by Gasteiger charge is 2.42. The highest BCUT2D eigenvalue weighted by atomic mass is 32.2. The van der Waals surface area contributed by atoms with Crippen LogP contribution in [-0.4, -0.2) is 73.7 Å². The summed E-state index contributed by atoms with van der Waals surface area (Å²) in [6.07, 6.45) is 4.07. The van der Waals surface area contributed by atoms with Gasteiger partial charge >= 0.3 is 0 Å². The lowest BCUT2D eigenvalue weighted by Gasteiger charge is -2.38. The van der Waals surface area contributed by atoms with E-state index >= 15 is 0 Å². The molecule has 5 rings (SSSR count). The number of hydrogen-bond donors (Lipinski definition) is 1. The molecule has 0 spiro atoms. The van der Waals surface area contributed by atoms with Crippen molar-refractivity contribution in [1.29, 1.82) is 0 Å². The molecule has 2 aliphatic heterocycles. The molecule has 3 aromatic carbocycles. The largest absolute Gasteiger partial charge is 0.398 e. The second-order valence-corrected chi connectivity index (χ2v) is 12.2. The van der Waals surface area contributed by atoms with Crippen molar-refractivity contribution in [3.05, 3.63) is 72.3 Å². The molecule has 37 heavy (non-hydrogen) atoms. The van der Waals surface area contributed by atoms with Gasteiger partial charge in [-0.3, -0.25) is 4.79 Å². The molecular formula is C29H36N4O3S. The Morgan fingerprint density at radius 2 is 1.73 bits per heavy atom. The molecule has 196 valence electrons. The van der Waals surface area contributed by atoms with E-state index in [0.717, 1.165) is 49.7 Å². The average Bonchev–Trinajstić information content (AvgIpc) is 3.43. The summed E-state index contributed by atoms with van der Waals surface area (Å²) in [5.41, 5.74) is 8.00. The molecule has 2 aliphatic rings. The molecular weight excluding hydrogens is 484 g/mol. The average molecular weight is 521 g/mol. The predicted molar refractivity (Wildman–Crippen MR) is 148 cm³/mol. The lowest BCUT2D eigenvalue weighted by Crippen LogP contribution is -2.52. The monoisotopic (exact) mass is 520 g/mol. The molecule has 0 aromatic heterocycles. The first-order chi connectivity index (χ1) is 17.8. The standard InChI is InChI=1S/C29H36N4O3S/c1-31(24-15-19-32(20-16-24)18-14-22-7-3-2-4-8-22)29(34)28-11-6-17-33(28)37(35,36)25-12-13-26-23(21-25)9-5-10-27(26)30/h2-5,7-10,12-13,21,24,28H,6,11,14-20,30H2,1H3/t28-/m0/s1. The van der Waals surface area contributed by atoms with Crippen LogP contribution in [0.5, 0.6) is 0 Å². The van der Waals surface area contributed by atoms with E-state index in [0.29, 0.717) is 25.1 Å². The third-order valence-electron chi connectivity index (χ3n) is 7.99. The van der Waals surface area contributed by atoms with Crippen molar-refractivity contribution in [2.75, 3.05) is 39.0 Å². The van der Waals surface area contributed by atoms with Crippen LogP contribution < -0.4 is 5.73 Å². The number of nitrogens with two attached hydrogens (primary N) is 1. The van der Waals surface area contributed by atoms with Crippen LogP contribution in [-0.2, 0) is 21.2 Å². The summed E-state index contributed by atoms with van der Waals surface area (Å²) >= 11 is 0. The molecule has 2 saturated heterocycles. The smallest absolute Gasteiger partial charge is 0.243 e. The summed E-state index contributed by atoms with van der Waals surface area (Å²) in [7, 11) is -1.97. The number of fused-ring (bicyclic) bond motifs is 1. The van der Waals surface area contributed by atoms with E-state index in [-0.39, 0.29) is 16.8 Å². The van der Waals surface area contributed by atoms with E-state index in [1.54, 1.807) is 24.3 Å².